The minimum absolute atomic E-state index is 0.0612. The van der Waals surface area contributed by atoms with Crippen molar-refractivity contribution in [2.75, 3.05) is 0 Å². The number of halogens is 1. The zero-order valence-corrected chi connectivity index (χ0v) is 14.4. The topological polar surface area (TPSA) is 60.9 Å². The number of thioether (sulfide) groups is 1. The van der Waals surface area contributed by atoms with Crippen molar-refractivity contribution in [1.29, 1.82) is 0 Å². The number of benzene rings is 1. The van der Waals surface area contributed by atoms with Gasteiger partial charge < -0.3 is 4.52 Å². The molecule has 1 aromatic carbocycles. The number of rotatable bonds is 5. The van der Waals surface area contributed by atoms with Crippen molar-refractivity contribution in [3.05, 3.63) is 51.6 Å². The molecule has 0 saturated carbocycles. The first kappa shape index (κ1) is 16.1. The first-order chi connectivity index (χ1) is 11.0. The average molecular weight is 350 g/mol. The molecule has 120 valence electrons. The Kier molecular flexibility index (Phi) is 4.73. The van der Waals surface area contributed by atoms with Gasteiger partial charge in [0.1, 0.15) is 6.26 Å². The molecule has 0 atom stereocenters. The highest BCUT2D eigenvalue weighted by Gasteiger charge is 2.14. The van der Waals surface area contributed by atoms with Gasteiger partial charge in [0.2, 0.25) is 0 Å². The van der Waals surface area contributed by atoms with Crippen molar-refractivity contribution >= 4 is 34.3 Å². The van der Waals surface area contributed by atoms with E-state index in [9.17, 15) is 4.79 Å². The molecule has 3 rings (SSSR count). The maximum absolute atomic E-state index is 12.8. The van der Waals surface area contributed by atoms with Gasteiger partial charge in [0.05, 0.1) is 16.6 Å². The lowest BCUT2D eigenvalue weighted by Crippen LogP contribution is -2.25. The van der Waals surface area contributed by atoms with Crippen LogP contribution in [0.15, 0.2) is 45.0 Å². The van der Waals surface area contributed by atoms with Crippen LogP contribution in [-0.2, 0) is 12.3 Å². The van der Waals surface area contributed by atoms with E-state index in [1.165, 1.54) is 18.0 Å². The third kappa shape index (κ3) is 3.59. The van der Waals surface area contributed by atoms with Gasteiger partial charge in [0, 0.05) is 23.4 Å². The fraction of sp³-hybridized carbons (Fsp3) is 0.312. The second-order valence-electron chi connectivity index (χ2n) is 5.64. The van der Waals surface area contributed by atoms with Crippen LogP contribution in [-0.4, -0.2) is 14.7 Å². The number of aromatic nitrogens is 3. The molecule has 2 heterocycles. The quantitative estimate of drug-likeness (QED) is 0.515. The summed E-state index contributed by atoms with van der Waals surface area (Å²) in [5.74, 6) is 0.928. The third-order valence-electron chi connectivity index (χ3n) is 3.27. The van der Waals surface area contributed by atoms with Gasteiger partial charge in [-0.3, -0.25) is 9.36 Å². The lowest BCUT2D eigenvalue weighted by Gasteiger charge is -2.14. The molecule has 0 bridgehead atoms. The molecule has 0 unspecified atom stereocenters. The van der Waals surface area contributed by atoms with E-state index in [1.54, 1.807) is 28.8 Å². The summed E-state index contributed by atoms with van der Waals surface area (Å²) in [4.78, 5) is 17.5. The summed E-state index contributed by atoms with van der Waals surface area (Å²) in [7, 11) is 0. The summed E-state index contributed by atoms with van der Waals surface area (Å²) in [6, 6.07) is 7.00. The van der Waals surface area contributed by atoms with Crippen LogP contribution in [0.5, 0.6) is 0 Å². The van der Waals surface area contributed by atoms with E-state index in [2.05, 4.69) is 24.0 Å². The van der Waals surface area contributed by atoms with Crippen LogP contribution < -0.4 is 5.56 Å². The van der Waals surface area contributed by atoms with Crippen molar-refractivity contribution in [3.63, 3.8) is 0 Å². The molecule has 0 radical (unpaired) electrons. The largest absolute Gasteiger partial charge is 0.364 e. The number of hydrogen-bond acceptors (Lipinski definition) is 5. The standard InChI is InChI=1S/C16H16ClN3O2S/c1-10(2)8-20-15(21)13-7-11(17)3-4-14(13)18-16(20)23-9-12-5-6-22-19-12/h3-7,10H,8-9H2,1-2H3. The predicted octanol–water partition coefficient (Wildman–Crippen LogP) is 3.99. The summed E-state index contributed by atoms with van der Waals surface area (Å²) in [6.07, 6.45) is 1.53. The molecule has 0 spiro atoms. The van der Waals surface area contributed by atoms with Gasteiger partial charge in [-0.1, -0.05) is 42.4 Å². The Labute approximate surface area is 142 Å². The lowest BCUT2D eigenvalue weighted by molar-refractivity contribution is 0.414. The molecule has 7 heteroatoms. The Morgan fingerprint density at radius 2 is 2.17 bits per heavy atom. The van der Waals surface area contributed by atoms with E-state index in [0.29, 0.717) is 39.3 Å². The second kappa shape index (κ2) is 6.76. The first-order valence-corrected chi connectivity index (χ1v) is 8.63. The molecule has 23 heavy (non-hydrogen) atoms. The summed E-state index contributed by atoms with van der Waals surface area (Å²) in [5, 5.41) is 5.65. The van der Waals surface area contributed by atoms with Crippen molar-refractivity contribution in [2.24, 2.45) is 5.92 Å². The van der Waals surface area contributed by atoms with Gasteiger partial charge in [-0.2, -0.15) is 0 Å². The third-order valence-corrected chi connectivity index (χ3v) is 4.51. The van der Waals surface area contributed by atoms with Gasteiger partial charge in [0.25, 0.3) is 5.56 Å². The highest BCUT2D eigenvalue weighted by molar-refractivity contribution is 7.98. The fourth-order valence-corrected chi connectivity index (χ4v) is 3.33. The van der Waals surface area contributed by atoms with Crippen LogP contribution >= 0.6 is 23.4 Å². The SMILES string of the molecule is CC(C)Cn1c(SCc2ccon2)nc2ccc(Cl)cc2c1=O. The number of fused-ring (bicyclic) bond motifs is 1. The zero-order chi connectivity index (χ0) is 16.4. The second-order valence-corrected chi connectivity index (χ2v) is 7.02. The van der Waals surface area contributed by atoms with Crippen molar-refractivity contribution < 1.29 is 4.52 Å². The zero-order valence-electron chi connectivity index (χ0n) is 12.8. The molecule has 0 aliphatic carbocycles. The first-order valence-electron chi connectivity index (χ1n) is 7.26. The molecule has 3 aromatic rings. The Hall–Kier alpha value is -1.79. The molecule has 2 aromatic heterocycles. The molecular formula is C16H16ClN3O2S. The molecule has 0 aliphatic rings. The molecule has 0 aliphatic heterocycles. The van der Waals surface area contributed by atoms with Crippen molar-refractivity contribution in [1.82, 2.24) is 14.7 Å². The van der Waals surface area contributed by atoms with Gasteiger partial charge in [-0.15, -0.1) is 0 Å². The minimum Gasteiger partial charge on any atom is -0.364 e. The summed E-state index contributed by atoms with van der Waals surface area (Å²) < 4.78 is 6.55. The van der Waals surface area contributed by atoms with Crippen molar-refractivity contribution in [2.45, 2.75) is 31.3 Å². The Morgan fingerprint density at radius 1 is 1.35 bits per heavy atom. The highest BCUT2D eigenvalue weighted by atomic mass is 35.5. The van der Waals surface area contributed by atoms with Crippen LogP contribution in [0.4, 0.5) is 0 Å². The van der Waals surface area contributed by atoms with Crippen LogP contribution in [0.3, 0.4) is 0 Å². The summed E-state index contributed by atoms with van der Waals surface area (Å²) in [6.45, 7) is 4.75. The lowest BCUT2D eigenvalue weighted by atomic mass is 10.2. The van der Waals surface area contributed by atoms with Crippen LogP contribution in [0.1, 0.15) is 19.5 Å². The van der Waals surface area contributed by atoms with E-state index in [0.717, 1.165) is 5.69 Å². The molecule has 0 N–H and O–H groups in total. The molecule has 0 saturated heterocycles. The van der Waals surface area contributed by atoms with E-state index in [1.807, 2.05) is 0 Å². The van der Waals surface area contributed by atoms with E-state index < -0.39 is 0 Å². The van der Waals surface area contributed by atoms with Gasteiger partial charge >= 0.3 is 0 Å². The molecule has 0 amide bonds. The highest BCUT2D eigenvalue weighted by Crippen LogP contribution is 2.23. The van der Waals surface area contributed by atoms with Gasteiger partial charge in [0.15, 0.2) is 5.16 Å². The normalized spacial score (nSPS) is 11.5. The van der Waals surface area contributed by atoms with E-state index in [4.69, 9.17) is 16.1 Å². The maximum Gasteiger partial charge on any atom is 0.262 e. The fourth-order valence-electron chi connectivity index (χ4n) is 2.26. The summed E-state index contributed by atoms with van der Waals surface area (Å²) in [5.41, 5.74) is 1.41. The average Bonchev–Trinajstić information content (AvgIpc) is 3.02. The van der Waals surface area contributed by atoms with Gasteiger partial charge in [-0.25, -0.2) is 4.98 Å². The monoisotopic (exact) mass is 349 g/mol. The molecule has 0 fully saturated rings. The smallest absolute Gasteiger partial charge is 0.262 e. The van der Waals surface area contributed by atoms with Crippen LogP contribution in [0.25, 0.3) is 10.9 Å². The van der Waals surface area contributed by atoms with Crippen LogP contribution in [0.2, 0.25) is 5.02 Å². The Morgan fingerprint density at radius 3 is 2.87 bits per heavy atom. The molecule has 5 nitrogen and oxygen atoms in total. The number of nitrogens with zero attached hydrogens (tertiary/aromatic N) is 3. The van der Waals surface area contributed by atoms with E-state index in [-0.39, 0.29) is 5.56 Å². The van der Waals surface area contributed by atoms with E-state index >= 15 is 0 Å². The maximum atomic E-state index is 12.8. The Balaban J connectivity index is 2.06. The van der Waals surface area contributed by atoms with Crippen LogP contribution in [0, 0.1) is 5.92 Å². The minimum atomic E-state index is -0.0612. The summed E-state index contributed by atoms with van der Waals surface area (Å²) >= 11 is 7.49. The molecular weight excluding hydrogens is 334 g/mol. The van der Waals surface area contributed by atoms with Gasteiger partial charge in [-0.05, 0) is 24.1 Å². The predicted molar refractivity (Wildman–Crippen MR) is 91.9 cm³/mol. The number of hydrogen-bond donors (Lipinski definition) is 0. The van der Waals surface area contributed by atoms with Crippen molar-refractivity contribution in [3.8, 4) is 0 Å². The Bertz CT molecular complexity index is 875.